The molecule has 11 heteroatoms. The van der Waals surface area contributed by atoms with Crippen molar-refractivity contribution < 1.29 is 22.3 Å². The van der Waals surface area contributed by atoms with E-state index in [-0.39, 0.29) is 47.8 Å². The number of carbonyl (C=O) groups excluding carboxylic acids is 1. The van der Waals surface area contributed by atoms with Crippen molar-refractivity contribution in [3.05, 3.63) is 58.0 Å². The van der Waals surface area contributed by atoms with Gasteiger partial charge in [0, 0.05) is 61.4 Å². The van der Waals surface area contributed by atoms with Crippen molar-refractivity contribution in [1.82, 2.24) is 14.9 Å². The number of ether oxygens (including phenoxy) is 1. The molecule has 214 valence electrons. The minimum absolute atomic E-state index is 0.112. The number of benzene rings is 1. The number of sulfonamides is 1. The molecule has 0 spiro atoms. The van der Waals surface area contributed by atoms with Crippen molar-refractivity contribution in [2.75, 3.05) is 32.1 Å². The third kappa shape index (κ3) is 6.74. The van der Waals surface area contributed by atoms with Crippen LogP contribution < -0.4 is 16.4 Å². The molecule has 1 amide bonds. The molecule has 2 bridgehead atoms. The zero-order valence-corrected chi connectivity index (χ0v) is 23.7. The first kappa shape index (κ1) is 28.7. The molecule has 1 aromatic rings. The van der Waals surface area contributed by atoms with Gasteiger partial charge in [0.2, 0.25) is 15.9 Å². The summed E-state index contributed by atoms with van der Waals surface area (Å²) in [5.41, 5.74) is 8.75. The number of rotatable bonds is 8. The molecule has 2 unspecified atom stereocenters. The summed E-state index contributed by atoms with van der Waals surface area (Å²) in [6.45, 7) is 2.30. The standard InChI is InChI=1S/C28H38ClFN4O4S/c29-21-6-3-18(4-7-21)26(19-9-11-38-12-10-19)27(31)28(35)33-25-15-22(30)14-20(25)5-8-24-16-32-23-2-1-13-39(36,37)34(24)17-23/h3-4,6-7,15,19,23-24,26-27,32H,1-2,5,8-14,16-17,31H2,(H,33,35)/t23-,24+,26?,27+/m1/s1. The maximum atomic E-state index is 14.5. The van der Waals surface area contributed by atoms with Crippen molar-refractivity contribution in [3.8, 4) is 0 Å². The Morgan fingerprint density at radius 2 is 1.97 bits per heavy atom. The highest BCUT2D eigenvalue weighted by Crippen LogP contribution is 2.36. The maximum Gasteiger partial charge on any atom is 0.241 e. The van der Waals surface area contributed by atoms with Gasteiger partial charge in [-0.15, -0.1) is 0 Å². The number of halogens is 2. The monoisotopic (exact) mass is 580 g/mol. The van der Waals surface area contributed by atoms with Crippen LogP contribution >= 0.6 is 11.6 Å². The van der Waals surface area contributed by atoms with Crippen LogP contribution in [0.25, 0.3) is 0 Å². The predicted octanol–water partition coefficient (Wildman–Crippen LogP) is 3.35. The van der Waals surface area contributed by atoms with Gasteiger partial charge in [-0.3, -0.25) is 4.79 Å². The zero-order chi connectivity index (χ0) is 27.6. The second-order valence-electron chi connectivity index (χ2n) is 11.2. The Hall–Kier alpha value is -1.82. The van der Waals surface area contributed by atoms with E-state index in [0.717, 1.165) is 30.4 Å². The first-order chi connectivity index (χ1) is 18.7. The topological polar surface area (TPSA) is 114 Å². The first-order valence-corrected chi connectivity index (χ1v) is 15.9. The van der Waals surface area contributed by atoms with Gasteiger partial charge in [-0.05, 0) is 73.8 Å². The number of hydrogen-bond acceptors (Lipinski definition) is 6. The number of carbonyl (C=O) groups is 1. The number of allylic oxidation sites excluding steroid dienone is 3. The largest absolute Gasteiger partial charge is 0.381 e. The van der Waals surface area contributed by atoms with Crippen LogP contribution in [0.5, 0.6) is 0 Å². The molecule has 3 aliphatic heterocycles. The van der Waals surface area contributed by atoms with Crippen LogP contribution in [0.15, 0.2) is 47.4 Å². The van der Waals surface area contributed by atoms with Crippen LogP contribution in [0.1, 0.15) is 56.4 Å². The molecular weight excluding hydrogens is 543 g/mol. The van der Waals surface area contributed by atoms with Gasteiger partial charge in [-0.2, -0.15) is 4.31 Å². The van der Waals surface area contributed by atoms with Gasteiger partial charge in [-0.25, -0.2) is 12.8 Å². The second kappa shape index (κ2) is 12.4. The average Bonchev–Trinajstić information content (AvgIpc) is 3.22. The first-order valence-electron chi connectivity index (χ1n) is 13.9. The molecule has 5 atom stereocenters. The van der Waals surface area contributed by atoms with Gasteiger partial charge in [0.25, 0.3) is 0 Å². The number of nitrogens with zero attached hydrogens (tertiary/aromatic N) is 1. The average molecular weight is 581 g/mol. The minimum atomic E-state index is -3.30. The van der Waals surface area contributed by atoms with E-state index in [1.807, 2.05) is 12.1 Å². The Balaban J connectivity index is 1.29. The van der Waals surface area contributed by atoms with Gasteiger partial charge in [0.1, 0.15) is 5.83 Å². The molecular formula is C28H38ClFN4O4S. The van der Waals surface area contributed by atoms with Gasteiger partial charge >= 0.3 is 0 Å². The van der Waals surface area contributed by atoms with E-state index in [9.17, 15) is 17.6 Å². The fourth-order valence-electron chi connectivity index (χ4n) is 6.45. The van der Waals surface area contributed by atoms with E-state index in [4.69, 9.17) is 22.1 Å². The zero-order valence-electron chi connectivity index (χ0n) is 22.1. The molecule has 3 fully saturated rings. The van der Waals surface area contributed by atoms with Crippen molar-refractivity contribution in [2.45, 2.75) is 69.0 Å². The summed E-state index contributed by atoms with van der Waals surface area (Å²) in [5.74, 6) is -0.584. The minimum Gasteiger partial charge on any atom is -0.381 e. The number of nitrogens with two attached hydrogens (primary N) is 1. The third-order valence-electron chi connectivity index (χ3n) is 8.58. The summed E-state index contributed by atoms with van der Waals surface area (Å²) in [7, 11) is -3.30. The molecule has 39 heavy (non-hydrogen) atoms. The Bertz CT molecular complexity index is 1220. The fraction of sp³-hybridized carbons (Fsp3) is 0.607. The molecule has 0 radical (unpaired) electrons. The Kier molecular flexibility index (Phi) is 9.10. The van der Waals surface area contributed by atoms with E-state index in [1.54, 1.807) is 16.4 Å². The lowest BCUT2D eigenvalue weighted by molar-refractivity contribution is -0.122. The van der Waals surface area contributed by atoms with Gasteiger partial charge in [0.05, 0.1) is 11.8 Å². The third-order valence-corrected chi connectivity index (χ3v) is 10.8. The predicted molar refractivity (Wildman–Crippen MR) is 149 cm³/mol. The number of hydrogen-bond donors (Lipinski definition) is 3. The molecule has 3 heterocycles. The van der Waals surface area contributed by atoms with Crippen molar-refractivity contribution in [3.63, 3.8) is 0 Å². The molecule has 4 N–H and O–H groups in total. The molecule has 8 nitrogen and oxygen atoms in total. The molecule has 0 aromatic heterocycles. The van der Waals surface area contributed by atoms with Gasteiger partial charge in [-0.1, -0.05) is 23.7 Å². The second-order valence-corrected chi connectivity index (χ2v) is 13.6. The smallest absolute Gasteiger partial charge is 0.241 e. The normalized spacial score (nSPS) is 28.9. The lowest BCUT2D eigenvalue weighted by atomic mass is 9.76. The van der Waals surface area contributed by atoms with Gasteiger partial charge in [0.15, 0.2) is 0 Å². The SMILES string of the molecule is N[C@H](C(=O)NC1=C(CC[C@H]2CN[C@@H]3CCCS(=O)(=O)N2C3)CC(F)=C1)C(c1ccc(Cl)cc1)C1CCOCC1. The fourth-order valence-corrected chi connectivity index (χ4v) is 8.39. The van der Waals surface area contributed by atoms with E-state index in [1.165, 1.54) is 6.08 Å². The summed E-state index contributed by atoms with van der Waals surface area (Å²) in [6, 6.07) is 6.57. The Morgan fingerprint density at radius 3 is 2.72 bits per heavy atom. The molecule has 1 aliphatic carbocycles. The molecule has 0 saturated carbocycles. The van der Waals surface area contributed by atoms with E-state index < -0.39 is 16.1 Å². The van der Waals surface area contributed by atoms with Crippen LogP contribution in [0.3, 0.4) is 0 Å². The summed E-state index contributed by atoms with van der Waals surface area (Å²) in [5, 5.41) is 6.99. The van der Waals surface area contributed by atoms with Crippen LogP contribution in [-0.2, 0) is 19.6 Å². The van der Waals surface area contributed by atoms with Crippen LogP contribution in [0.2, 0.25) is 5.02 Å². The summed E-state index contributed by atoms with van der Waals surface area (Å²) < 4.78 is 47.3. The molecule has 5 rings (SSSR count). The number of nitrogens with one attached hydrogen (secondary N) is 2. The Labute approximate surface area is 235 Å². The number of fused-ring (bicyclic) bond motifs is 2. The van der Waals surface area contributed by atoms with Gasteiger partial charge < -0.3 is 21.1 Å². The molecule has 1 aromatic carbocycles. The van der Waals surface area contributed by atoms with E-state index in [0.29, 0.717) is 56.3 Å². The highest BCUT2D eigenvalue weighted by molar-refractivity contribution is 7.89. The van der Waals surface area contributed by atoms with Crippen molar-refractivity contribution in [2.24, 2.45) is 11.7 Å². The van der Waals surface area contributed by atoms with Crippen molar-refractivity contribution >= 4 is 27.5 Å². The lowest BCUT2D eigenvalue weighted by Crippen LogP contribution is -2.57. The Morgan fingerprint density at radius 1 is 1.23 bits per heavy atom. The number of amides is 1. The van der Waals surface area contributed by atoms with E-state index >= 15 is 0 Å². The highest BCUT2D eigenvalue weighted by Gasteiger charge is 2.38. The number of piperazine rings is 1. The molecule has 4 aliphatic rings. The quantitative estimate of drug-likeness (QED) is 0.435. The molecule has 3 saturated heterocycles. The van der Waals surface area contributed by atoms with Crippen molar-refractivity contribution in [1.29, 1.82) is 0 Å². The van der Waals surface area contributed by atoms with E-state index in [2.05, 4.69) is 10.6 Å². The van der Waals surface area contributed by atoms with Crippen LogP contribution in [0.4, 0.5) is 4.39 Å². The lowest BCUT2D eigenvalue weighted by Gasteiger charge is -2.37. The van der Waals surface area contributed by atoms with Crippen LogP contribution in [-0.4, -0.2) is 68.8 Å². The van der Waals surface area contributed by atoms with Crippen LogP contribution in [0, 0.1) is 5.92 Å². The summed E-state index contributed by atoms with van der Waals surface area (Å²) in [6.07, 6.45) is 5.62. The summed E-state index contributed by atoms with van der Waals surface area (Å²) in [4.78, 5) is 13.5. The highest BCUT2D eigenvalue weighted by atomic mass is 35.5. The summed E-state index contributed by atoms with van der Waals surface area (Å²) >= 11 is 6.11. The maximum absolute atomic E-state index is 14.5.